The molecule has 8 nitrogen and oxygen atoms in total. The summed E-state index contributed by atoms with van der Waals surface area (Å²) in [5, 5.41) is 13.0. The van der Waals surface area contributed by atoms with E-state index in [1.165, 1.54) is 11.3 Å². The normalized spacial score (nSPS) is 10.7. The fourth-order valence-corrected chi connectivity index (χ4v) is 3.79. The number of para-hydroxylation sites is 1. The number of aromatic nitrogens is 3. The fraction of sp³-hybridized carbons (Fsp3) is 0.182. The maximum Gasteiger partial charge on any atom is 0.307 e. The van der Waals surface area contributed by atoms with Crippen LogP contribution in [0.15, 0.2) is 53.9 Å². The van der Waals surface area contributed by atoms with Crippen LogP contribution in [0.1, 0.15) is 22.6 Å². The van der Waals surface area contributed by atoms with Crippen LogP contribution in [0.5, 0.6) is 5.75 Å². The Labute approximate surface area is 182 Å². The number of nitrogens with zero attached hydrogens (tertiary/aromatic N) is 2. The summed E-state index contributed by atoms with van der Waals surface area (Å²) in [5.74, 6) is 0.00126. The van der Waals surface area contributed by atoms with Crippen LogP contribution in [0.4, 0.5) is 0 Å². The molecule has 0 atom stereocenters. The number of rotatable bonds is 8. The summed E-state index contributed by atoms with van der Waals surface area (Å²) in [6, 6.07) is 15.0. The third kappa shape index (κ3) is 4.89. The van der Waals surface area contributed by atoms with Crippen LogP contribution in [0.2, 0.25) is 0 Å². The summed E-state index contributed by atoms with van der Waals surface area (Å²) in [7, 11) is 1.62. The molecule has 1 amide bonds. The molecule has 158 valence electrons. The monoisotopic (exact) mass is 436 g/mol. The molecule has 31 heavy (non-hydrogen) atoms. The molecular formula is C22H20N4O4S. The van der Waals surface area contributed by atoms with Crippen molar-refractivity contribution >= 4 is 34.1 Å². The summed E-state index contributed by atoms with van der Waals surface area (Å²) >= 11 is 1.47. The summed E-state index contributed by atoms with van der Waals surface area (Å²) < 4.78 is 10.5. The number of hydrogen-bond donors (Lipinski definition) is 2. The molecule has 0 aliphatic heterocycles. The average Bonchev–Trinajstić information content (AvgIpc) is 3.45. The molecule has 4 aromatic rings. The number of methoxy groups -OCH3 is 1. The molecule has 0 unspecified atom stereocenters. The molecule has 0 aliphatic rings. The maximum atomic E-state index is 12.3. The van der Waals surface area contributed by atoms with Gasteiger partial charge in [0.25, 0.3) is 5.91 Å². The Morgan fingerprint density at radius 2 is 2.03 bits per heavy atom. The van der Waals surface area contributed by atoms with Crippen LogP contribution in [0.25, 0.3) is 21.5 Å². The van der Waals surface area contributed by atoms with E-state index >= 15 is 0 Å². The lowest BCUT2D eigenvalue weighted by atomic mass is 10.2. The van der Waals surface area contributed by atoms with Gasteiger partial charge in [-0.05, 0) is 18.2 Å². The Morgan fingerprint density at radius 1 is 1.16 bits per heavy atom. The molecule has 2 heterocycles. The van der Waals surface area contributed by atoms with Gasteiger partial charge in [-0.2, -0.15) is 5.10 Å². The Bertz CT molecular complexity index is 1220. The van der Waals surface area contributed by atoms with Gasteiger partial charge in [0.15, 0.2) is 5.69 Å². The quantitative estimate of drug-likeness (QED) is 0.409. The van der Waals surface area contributed by atoms with E-state index in [2.05, 4.69) is 20.5 Å². The van der Waals surface area contributed by atoms with Crippen molar-refractivity contribution in [3.05, 3.63) is 65.3 Å². The van der Waals surface area contributed by atoms with Gasteiger partial charge in [-0.3, -0.25) is 14.7 Å². The van der Waals surface area contributed by atoms with Gasteiger partial charge >= 0.3 is 5.97 Å². The number of hydrogen-bond acceptors (Lipinski definition) is 7. The minimum atomic E-state index is -0.414. The first-order valence-electron chi connectivity index (χ1n) is 9.60. The molecule has 0 radical (unpaired) electrons. The molecule has 2 aromatic carbocycles. The lowest BCUT2D eigenvalue weighted by molar-refractivity contribution is -0.144. The smallest absolute Gasteiger partial charge is 0.307 e. The predicted molar refractivity (Wildman–Crippen MR) is 117 cm³/mol. The van der Waals surface area contributed by atoms with Gasteiger partial charge in [0.1, 0.15) is 17.4 Å². The van der Waals surface area contributed by atoms with Gasteiger partial charge in [-0.25, -0.2) is 4.98 Å². The summed E-state index contributed by atoms with van der Waals surface area (Å²) in [6.07, 6.45) is 0.0565. The summed E-state index contributed by atoms with van der Waals surface area (Å²) in [5.41, 5.74) is 2.69. The van der Waals surface area contributed by atoms with Gasteiger partial charge < -0.3 is 14.8 Å². The standard InChI is InChI=1S/C22H20N4O4S/c1-29-16-6-4-5-14(11-16)22-24-15(13-31-22)12-30-19(27)9-10-23-21(28)20-17-7-2-3-8-18(17)25-26-20/h2-8,11,13H,9-10,12H2,1H3,(H,23,28)(H,25,26). The first-order chi connectivity index (χ1) is 15.1. The van der Waals surface area contributed by atoms with Crippen molar-refractivity contribution in [3.8, 4) is 16.3 Å². The largest absolute Gasteiger partial charge is 0.497 e. The minimum Gasteiger partial charge on any atom is -0.497 e. The number of carbonyl (C=O) groups is 2. The lowest BCUT2D eigenvalue weighted by Crippen LogP contribution is -2.27. The molecular weight excluding hydrogens is 416 g/mol. The molecule has 0 fully saturated rings. The Kier molecular flexibility index (Phi) is 6.23. The van der Waals surface area contributed by atoms with Crippen molar-refractivity contribution in [1.82, 2.24) is 20.5 Å². The highest BCUT2D eigenvalue weighted by molar-refractivity contribution is 7.13. The average molecular weight is 436 g/mol. The molecule has 0 saturated heterocycles. The second-order valence-electron chi connectivity index (χ2n) is 6.66. The topological polar surface area (TPSA) is 106 Å². The molecule has 2 N–H and O–H groups in total. The minimum absolute atomic E-state index is 0.0565. The van der Waals surface area contributed by atoms with E-state index in [0.717, 1.165) is 27.2 Å². The summed E-state index contributed by atoms with van der Waals surface area (Å²) in [4.78, 5) is 28.8. The number of amides is 1. The van der Waals surface area contributed by atoms with Gasteiger partial charge in [0, 0.05) is 22.9 Å². The first-order valence-corrected chi connectivity index (χ1v) is 10.5. The maximum absolute atomic E-state index is 12.3. The summed E-state index contributed by atoms with van der Waals surface area (Å²) in [6.45, 7) is 0.238. The van der Waals surface area contributed by atoms with E-state index in [-0.39, 0.29) is 25.5 Å². The van der Waals surface area contributed by atoms with Crippen molar-refractivity contribution in [2.24, 2.45) is 0 Å². The van der Waals surface area contributed by atoms with Gasteiger partial charge in [-0.15, -0.1) is 11.3 Å². The number of aromatic amines is 1. The number of carbonyl (C=O) groups excluding carboxylic acids is 2. The van der Waals surface area contributed by atoms with Crippen LogP contribution in [0.3, 0.4) is 0 Å². The van der Waals surface area contributed by atoms with Crippen LogP contribution in [0, 0.1) is 0 Å². The number of esters is 1. The van der Waals surface area contributed by atoms with Crippen LogP contribution >= 0.6 is 11.3 Å². The molecule has 0 aliphatic carbocycles. The van der Waals surface area contributed by atoms with Crippen molar-refractivity contribution < 1.29 is 19.1 Å². The second kappa shape index (κ2) is 9.40. The van der Waals surface area contributed by atoms with Crippen LogP contribution < -0.4 is 10.1 Å². The molecule has 0 bridgehead atoms. The number of fused-ring (bicyclic) bond motifs is 1. The third-order valence-corrected chi connectivity index (χ3v) is 5.49. The zero-order chi connectivity index (χ0) is 21.6. The Morgan fingerprint density at radius 3 is 2.90 bits per heavy atom. The van der Waals surface area contributed by atoms with Gasteiger partial charge in [-0.1, -0.05) is 30.3 Å². The van der Waals surface area contributed by atoms with Gasteiger partial charge in [0.2, 0.25) is 0 Å². The Balaban J connectivity index is 1.24. The van der Waals surface area contributed by atoms with E-state index in [4.69, 9.17) is 9.47 Å². The second-order valence-corrected chi connectivity index (χ2v) is 7.52. The van der Waals surface area contributed by atoms with E-state index in [1.54, 1.807) is 7.11 Å². The van der Waals surface area contributed by atoms with E-state index in [9.17, 15) is 9.59 Å². The van der Waals surface area contributed by atoms with Crippen molar-refractivity contribution in [1.29, 1.82) is 0 Å². The van der Waals surface area contributed by atoms with E-state index < -0.39 is 5.97 Å². The fourth-order valence-electron chi connectivity index (χ4n) is 2.99. The predicted octanol–water partition coefficient (Wildman–Crippen LogP) is 3.56. The van der Waals surface area contributed by atoms with Crippen molar-refractivity contribution in [3.63, 3.8) is 0 Å². The first kappa shape index (κ1) is 20.5. The van der Waals surface area contributed by atoms with Crippen LogP contribution in [-0.2, 0) is 16.1 Å². The number of benzene rings is 2. The highest BCUT2D eigenvalue weighted by Gasteiger charge is 2.14. The molecule has 0 saturated carbocycles. The lowest BCUT2D eigenvalue weighted by Gasteiger charge is -2.05. The number of nitrogens with one attached hydrogen (secondary N) is 2. The zero-order valence-corrected chi connectivity index (χ0v) is 17.6. The van der Waals surface area contributed by atoms with E-state index in [0.29, 0.717) is 11.4 Å². The zero-order valence-electron chi connectivity index (χ0n) is 16.8. The molecule has 4 rings (SSSR count). The third-order valence-electron chi connectivity index (χ3n) is 4.55. The molecule has 9 heteroatoms. The molecule has 0 spiro atoms. The van der Waals surface area contributed by atoms with Gasteiger partial charge in [0.05, 0.1) is 24.7 Å². The Hall–Kier alpha value is -3.72. The number of thiazole rings is 1. The highest BCUT2D eigenvalue weighted by Crippen LogP contribution is 2.27. The van der Waals surface area contributed by atoms with Crippen molar-refractivity contribution in [2.75, 3.05) is 13.7 Å². The SMILES string of the molecule is COc1cccc(-c2nc(COC(=O)CCNC(=O)c3n[nH]c4ccccc34)cs2)c1. The number of ether oxygens (including phenoxy) is 2. The number of H-pyrrole nitrogens is 1. The van der Waals surface area contributed by atoms with E-state index in [1.807, 2.05) is 53.9 Å². The van der Waals surface area contributed by atoms with Crippen LogP contribution in [-0.4, -0.2) is 40.7 Å². The van der Waals surface area contributed by atoms with Crippen molar-refractivity contribution in [2.45, 2.75) is 13.0 Å². The highest BCUT2D eigenvalue weighted by atomic mass is 32.1. The molecule has 2 aromatic heterocycles.